The number of imidazole rings is 1. The molecule has 11 nitrogen and oxygen atoms in total. The van der Waals surface area contributed by atoms with Crippen molar-refractivity contribution in [2.75, 3.05) is 50.7 Å². The Morgan fingerprint density at radius 2 is 1.87 bits per heavy atom. The molecule has 2 aliphatic heterocycles. The van der Waals surface area contributed by atoms with Gasteiger partial charge in [-0.2, -0.15) is 5.10 Å². The number of nitrogens with one attached hydrogen (secondary N) is 1. The molecule has 0 radical (unpaired) electrons. The average molecular weight is 537 g/mol. The van der Waals surface area contributed by atoms with Crippen LogP contribution in [0.5, 0.6) is 17.2 Å². The van der Waals surface area contributed by atoms with Crippen LogP contribution in [-0.2, 0) is 16.6 Å². The van der Waals surface area contributed by atoms with E-state index in [-0.39, 0.29) is 11.3 Å². The Bertz CT molecular complexity index is 1530. The average Bonchev–Trinajstić information content (AvgIpc) is 3.62. The number of aromatic nitrogens is 4. The number of hydrogen-bond donors (Lipinski definition) is 1. The van der Waals surface area contributed by atoms with Crippen molar-refractivity contribution in [2.24, 2.45) is 12.5 Å². The zero-order valence-corrected chi connectivity index (χ0v) is 22.4. The molecular weight excluding hydrogens is 508 g/mol. The first kappa shape index (κ1) is 24.4. The first-order valence-electron chi connectivity index (χ1n) is 12.0. The third kappa shape index (κ3) is 4.09. The highest BCUT2D eigenvalue weighted by molar-refractivity contribution is 8.00. The van der Waals surface area contributed by atoms with Crippen molar-refractivity contribution in [3.63, 3.8) is 0 Å². The van der Waals surface area contributed by atoms with Gasteiger partial charge in [0.1, 0.15) is 17.1 Å². The van der Waals surface area contributed by atoms with Crippen LogP contribution in [0.4, 0.5) is 11.4 Å². The number of carbonyl (C=O) groups is 1. The van der Waals surface area contributed by atoms with Crippen molar-refractivity contribution in [3.8, 4) is 28.5 Å². The number of benzene rings is 1. The van der Waals surface area contributed by atoms with E-state index < -0.39 is 0 Å². The van der Waals surface area contributed by atoms with E-state index in [9.17, 15) is 4.79 Å². The summed E-state index contributed by atoms with van der Waals surface area (Å²) in [7, 11) is 6.69. The Morgan fingerprint density at radius 3 is 2.50 bits per heavy atom. The molecule has 1 N–H and O–H groups in total. The normalized spacial score (nSPS) is 16.2. The minimum Gasteiger partial charge on any atom is -0.494 e. The molecule has 5 heterocycles. The molecule has 3 aromatic heterocycles. The number of ether oxygens (including phenoxy) is 4. The Labute approximate surface area is 223 Å². The molecule has 2 saturated heterocycles. The zero-order valence-electron chi connectivity index (χ0n) is 21.6. The summed E-state index contributed by atoms with van der Waals surface area (Å²) in [6.07, 6.45) is 7.89. The molecule has 1 spiro atoms. The Morgan fingerprint density at radius 1 is 1.05 bits per heavy atom. The molecule has 1 amide bonds. The highest BCUT2D eigenvalue weighted by Gasteiger charge is 2.49. The minimum absolute atomic E-state index is 0.0673. The number of amides is 1. The molecule has 198 valence electrons. The van der Waals surface area contributed by atoms with Crippen molar-refractivity contribution in [2.45, 2.75) is 11.3 Å². The maximum absolute atomic E-state index is 13.0. The summed E-state index contributed by atoms with van der Waals surface area (Å²) in [5.74, 6) is 1.82. The SMILES string of the molecule is COc1cc2ncc(-c3cc(NSc4cnn(C)c4)c(OC)c(OC)c3)n2cc1N1CC2(COC2)CC1=O. The standard InChI is InChI=1S/C26H28N6O5S/c1-30-11-17(9-28-30)38-29-18-5-16(6-22(35-3)25(18)36-4)19-10-27-23-7-21(34-2)20(12-31(19)23)32-13-26(8-24(32)33)14-37-15-26/h5-7,9-12,29H,8,13-15H2,1-4H3. The lowest BCUT2D eigenvalue weighted by Crippen LogP contribution is -2.44. The maximum Gasteiger partial charge on any atom is 0.227 e. The molecular formula is C26H28N6O5S. The van der Waals surface area contributed by atoms with Gasteiger partial charge in [-0.1, -0.05) is 0 Å². The monoisotopic (exact) mass is 536 g/mol. The fourth-order valence-electron chi connectivity index (χ4n) is 5.03. The maximum atomic E-state index is 13.0. The third-order valence-electron chi connectivity index (χ3n) is 6.97. The van der Waals surface area contributed by atoms with E-state index in [0.29, 0.717) is 54.8 Å². The summed E-state index contributed by atoms with van der Waals surface area (Å²) in [5, 5.41) is 4.22. The van der Waals surface area contributed by atoms with Crippen LogP contribution in [0, 0.1) is 5.41 Å². The number of nitrogens with zero attached hydrogens (tertiary/aromatic N) is 5. The Hall–Kier alpha value is -3.90. The molecule has 1 aromatic carbocycles. The lowest BCUT2D eigenvalue weighted by molar-refractivity contribution is -0.126. The van der Waals surface area contributed by atoms with Gasteiger partial charge in [-0.05, 0) is 24.1 Å². The van der Waals surface area contributed by atoms with Gasteiger partial charge in [0.25, 0.3) is 0 Å². The lowest BCUT2D eigenvalue weighted by atomic mass is 9.85. The second-order valence-corrected chi connectivity index (χ2v) is 10.4. The smallest absolute Gasteiger partial charge is 0.227 e. The molecule has 6 rings (SSSR count). The minimum atomic E-state index is -0.106. The van der Waals surface area contributed by atoms with E-state index >= 15 is 0 Å². The van der Waals surface area contributed by atoms with E-state index in [2.05, 4.69) is 14.8 Å². The van der Waals surface area contributed by atoms with Crippen LogP contribution in [0.25, 0.3) is 16.9 Å². The zero-order chi connectivity index (χ0) is 26.4. The van der Waals surface area contributed by atoms with Crippen LogP contribution >= 0.6 is 11.9 Å². The van der Waals surface area contributed by atoms with E-state index in [0.717, 1.165) is 21.8 Å². The molecule has 38 heavy (non-hydrogen) atoms. The lowest BCUT2D eigenvalue weighted by Gasteiger charge is -2.37. The number of fused-ring (bicyclic) bond motifs is 1. The van der Waals surface area contributed by atoms with Crippen LogP contribution in [0.3, 0.4) is 0 Å². The summed E-state index contributed by atoms with van der Waals surface area (Å²) in [5.41, 5.74) is 3.72. The first-order chi connectivity index (χ1) is 18.4. The van der Waals surface area contributed by atoms with Crippen molar-refractivity contribution >= 4 is 34.9 Å². The molecule has 0 unspecified atom stereocenters. The van der Waals surface area contributed by atoms with E-state index in [1.165, 1.54) is 11.9 Å². The van der Waals surface area contributed by atoms with Crippen LogP contribution in [0.1, 0.15) is 6.42 Å². The number of aryl methyl sites for hydroxylation is 1. The fourth-order valence-corrected chi connectivity index (χ4v) is 5.71. The summed E-state index contributed by atoms with van der Waals surface area (Å²) >= 11 is 1.42. The molecule has 4 aromatic rings. The Balaban J connectivity index is 1.41. The molecule has 0 bridgehead atoms. The highest BCUT2D eigenvalue weighted by atomic mass is 32.2. The molecule has 12 heteroatoms. The Kier molecular flexibility index (Phi) is 6.07. The predicted molar refractivity (Wildman–Crippen MR) is 143 cm³/mol. The second-order valence-electron chi connectivity index (χ2n) is 9.56. The van der Waals surface area contributed by atoms with Gasteiger partial charge in [0.05, 0.1) is 63.2 Å². The van der Waals surface area contributed by atoms with Crippen LogP contribution in [0.15, 0.2) is 47.9 Å². The second kappa shape index (κ2) is 9.44. The molecule has 2 fully saturated rings. The third-order valence-corrected chi connectivity index (χ3v) is 7.74. The molecule has 0 saturated carbocycles. The van der Waals surface area contributed by atoms with Crippen molar-refractivity contribution < 1.29 is 23.7 Å². The molecule has 2 aliphatic rings. The number of methoxy groups -OCH3 is 3. The van der Waals surface area contributed by atoms with Gasteiger partial charge in [-0.3, -0.25) is 13.9 Å². The van der Waals surface area contributed by atoms with E-state index in [4.69, 9.17) is 18.9 Å². The molecule has 0 atom stereocenters. The van der Waals surface area contributed by atoms with Crippen molar-refractivity contribution in [1.29, 1.82) is 0 Å². The van der Waals surface area contributed by atoms with Crippen molar-refractivity contribution in [1.82, 2.24) is 19.2 Å². The largest absolute Gasteiger partial charge is 0.494 e. The quantitative estimate of drug-likeness (QED) is 0.338. The van der Waals surface area contributed by atoms with Crippen LogP contribution in [-0.4, -0.2) is 66.2 Å². The van der Waals surface area contributed by atoms with E-state index in [1.54, 1.807) is 43.3 Å². The number of rotatable bonds is 8. The van der Waals surface area contributed by atoms with Gasteiger partial charge in [0, 0.05) is 49.5 Å². The van der Waals surface area contributed by atoms with Gasteiger partial charge < -0.3 is 28.6 Å². The summed E-state index contributed by atoms with van der Waals surface area (Å²) in [6, 6.07) is 5.75. The summed E-state index contributed by atoms with van der Waals surface area (Å²) < 4.78 is 29.5. The number of anilines is 2. The van der Waals surface area contributed by atoms with Gasteiger partial charge in [-0.15, -0.1) is 0 Å². The topological polar surface area (TPSA) is 104 Å². The van der Waals surface area contributed by atoms with E-state index in [1.807, 2.05) is 42.0 Å². The van der Waals surface area contributed by atoms with Gasteiger partial charge in [0.2, 0.25) is 5.91 Å². The van der Waals surface area contributed by atoms with Crippen LogP contribution in [0.2, 0.25) is 0 Å². The number of pyridine rings is 1. The van der Waals surface area contributed by atoms with Crippen LogP contribution < -0.4 is 23.8 Å². The van der Waals surface area contributed by atoms with Gasteiger partial charge in [0.15, 0.2) is 11.5 Å². The predicted octanol–water partition coefficient (Wildman–Crippen LogP) is 3.63. The van der Waals surface area contributed by atoms with Crippen molar-refractivity contribution in [3.05, 3.63) is 43.0 Å². The number of carbonyl (C=O) groups excluding carboxylic acids is 1. The number of hydrogen-bond acceptors (Lipinski definition) is 9. The fraction of sp³-hybridized carbons (Fsp3) is 0.346. The summed E-state index contributed by atoms with van der Waals surface area (Å²) in [6.45, 7) is 1.82. The highest BCUT2D eigenvalue weighted by Crippen LogP contribution is 2.44. The first-order valence-corrected chi connectivity index (χ1v) is 12.9. The summed E-state index contributed by atoms with van der Waals surface area (Å²) in [4.78, 5) is 20.4. The van der Waals surface area contributed by atoms with Gasteiger partial charge in [-0.25, -0.2) is 4.98 Å². The molecule has 0 aliphatic carbocycles. The van der Waals surface area contributed by atoms with Gasteiger partial charge >= 0.3 is 0 Å².